The van der Waals surface area contributed by atoms with Crippen molar-refractivity contribution in [2.45, 2.75) is 31.2 Å². The molecule has 0 fully saturated rings. The van der Waals surface area contributed by atoms with Crippen molar-refractivity contribution in [2.24, 2.45) is 0 Å². The summed E-state index contributed by atoms with van der Waals surface area (Å²) in [6.07, 6.45) is 0.801. The van der Waals surface area contributed by atoms with Crippen LogP contribution in [0.3, 0.4) is 0 Å². The molecule has 0 spiro atoms. The molecule has 2 rings (SSSR count). The Morgan fingerprint density at radius 2 is 1.82 bits per heavy atom. The van der Waals surface area contributed by atoms with Gasteiger partial charge in [0.15, 0.2) is 0 Å². The van der Waals surface area contributed by atoms with Crippen molar-refractivity contribution >= 4 is 26.7 Å². The normalized spacial score (nSPS) is 13.0. The maximum atomic E-state index is 12.4. The highest BCUT2D eigenvalue weighted by Gasteiger charge is 2.21. The zero-order valence-electron chi connectivity index (χ0n) is 12.7. The molecule has 0 aliphatic carbocycles. The monoisotopic (exact) mass is 320 g/mol. The average molecular weight is 320 g/mol. The molecule has 2 aromatic carbocycles. The lowest BCUT2D eigenvalue weighted by atomic mass is 10.1. The summed E-state index contributed by atoms with van der Waals surface area (Å²) < 4.78 is 27.2. The first kappa shape index (κ1) is 16.5. The molecular formula is C16H20N2O3S. The van der Waals surface area contributed by atoms with Gasteiger partial charge in [-0.3, -0.25) is 4.79 Å². The third-order valence-corrected chi connectivity index (χ3v) is 4.84. The SMILES string of the molecule is CCCNC(=O)[C@@H](C)NS(=O)(=O)c1ccc2ccccc2c1. The summed E-state index contributed by atoms with van der Waals surface area (Å²) in [7, 11) is -3.73. The standard InChI is InChI=1S/C16H20N2O3S/c1-3-10-17-16(19)12(2)18-22(20,21)15-9-8-13-6-4-5-7-14(13)11-15/h4-9,11-12,18H,3,10H2,1-2H3,(H,17,19)/t12-/m1/s1. The molecule has 0 aromatic heterocycles. The lowest BCUT2D eigenvalue weighted by Crippen LogP contribution is -2.44. The summed E-state index contributed by atoms with van der Waals surface area (Å²) in [5, 5.41) is 4.48. The predicted octanol–water partition coefficient (Wildman–Crippen LogP) is 2.03. The largest absolute Gasteiger partial charge is 0.355 e. The Morgan fingerprint density at radius 3 is 2.50 bits per heavy atom. The summed E-state index contributed by atoms with van der Waals surface area (Å²) in [6.45, 7) is 3.99. The molecule has 22 heavy (non-hydrogen) atoms. The van der Waals surface area contributed by atoms with Crippen molar-refractivity contribution in [3.8, 4) is 0 Å². The molecule has 0 heterocycles. The third-order valence-electron chi connectivity index (χ3n) is 3.31. The van der Waals surface area contributed by atoms with Gasteiger partial charge < -0.3 is 5.32 Å². The summed E-state index contributed by atoms with van der Waals surface area (Å²) in [6, 6.07) is 11.6. The highest BCUT2D eigenvalue weighted by Crippen LogP contribution is 2.19. The topological polar surface area (TPSA) is 75.3 Å². The molecule has 0 saturated heterocycles. The van der Waals surface area contributed by atoms with Gasteiger partial charge in [0.1, 0.15) is 0 Å². The lowest BCUT2D eigenvalue weighted by molar-refractivity contribution is -0.122. The fourth-order valence-electron chi connectivity index (χ4n) is 2.09. The van der Waals surface area contributed by atoms with Crippen LogP contribution < -0.4 is 10.0 Å². The van der Waals surface area contributed by atoms with Gasteiger partial charge in [0.05, 0.1) is 10.9 Å². The smallest absolute Gasteiger partial charge is 0.241 e. The second-order valence-electron chi connectivity index (χ2n) is 5.14. The molecule has 0 aliphatic rings. The lowest BCUT2D eigenvalue weighted by Gasteiger charge is -2.14. The van der Waals surface area contributed by atoms with Crippen LogP contribution in [0, 0.1) is 0 Å². The van der Waals surface area contributed by atoms with Crippen molar-refractivity contribution in [3.63, 3.8) is 0 Å². The van der Waals surface area contributed by atoms with E-state index in [-0.39, 0.29) is 10.8 Å². The Bertz CT molecular complexity index is 772. The summed E-state index contributed by atoms with van der Waals surface area (Å²) in [4.78, 5) is 11.9. The minimum absolute atomic E-state index is 0.154. The molecular weight excluding hydrogens is 300 g/mol. The predicted molar refractivity (Wildman–Crippen MR) is 87.0 cm³/mol. The quantitative estimate of drug-likeness (QED) is 0.855. The molecule has 0 bridgehead atoms. The number of hydrogen-bond acceptors (Lipinski definition) is 3. The molecule has 1 amide bonds. The van der Waals surface area contributed by atoms with Gasteiger partial charge in [-0.1, -0.05) is 37.3 Å². The zero-order chi connectivity index (χ0) is 16.2. The van der Waals surface area contributed by atoms with Gasteiger partial charge in [0, 0.05) is 6.54 Å². The van der Waals surface area contributed by atoms with E-state index in [1.807, 2.05) is 31.2 Å². The minimum atomic E-state index is -3.73. The van der Waals surface area contributed by atoms with Gasteiger partial charge in [-0.25, -0.2) is 8.42 Å². The highest BCUT2D eigenvalue weighted by molar-refractivity contribution is 7.89. The van der Waals surface area contributed by atoms with E-state index in [0.717, 1.165) is 17.2 Å². The maximum absolute atomic E-state index is 12.4. The van der Waals surface area contributed by atoms with Crippen LogP contribution in [0.4, 0.5) is 0 Å². The number of amides is 1. The Hall–Kier alpha value is -1.92. The Labute approximate surface area is 130 Å². The van der Waals surface area contributed by atoms with E-state index >= 15 is 0 Å². The van der Waals surface area contributed by atoms with Crippen LogP contribution in [0.25, 0.3) is 10.8 Å². The van der Waals surface area contributed by atoms with E-state index in [4.69, 9.17) is 0 Å². The van der Waals surface area contributed by atoms with Crippen LogP contribution >= 0.6 is 0 Å². The number of carbonyl (C=O) groups is 1. The highest BCUT2D eigenvalue weighted by atomic mass is 32.2. The van der Waals surface area contributed by atoms with Gasteiger partial charge in [0.2, 0.25) is 15.9 Å². The number of sulfonamides is 1. The van der Waals surface area contributed by atoms with E-state index in [1.165, 1.54) is 6.92 Å². The van der Waals surface area contributed by atoms with E-state index < -0.39 is 16.1 Å². The number of benzene rings is 2. The fourth-order valence-corrected chi connectivity index (χ4v) is 3.33. The second kappa shape index (κ2) is 6.89. The van der Waals surface area contributed by atoms with Crippen LogP contribution in [0.1, 0.15) is 20.3 Å². The van der Waals surface area contributed by atoms with E-state index in [0.29, 0.717) is 6.54 Å². The second-order valence-corrected chi connectivity index (χ2v) is 6.86. The van der Waals surface area contributed by atoms with Gasteiger partial charge >= 0.3 is 0 Å². The number of carbonyl (C=O) groups excluding carboxylic acids is 1. The fraction of sp³-hybridized carbons (Fsp3) is 0.312. The molecule has 2 N–H and O–H groups in total. The minimum Gasteiger partial charge on any atom is -0.355 e. The first-order chi connectivity index (χ1) is 10.4. The molecule has 118 valence electrons. The molecule has 0 saturated carbocycles. The van der Waals surface area contributed by atoms with Crippen molar-refractivity contribution in [2.75, 3.05) is 6.54 Å². The molecule has 6 heteroatoms. The summed E-state index contributed by atoms with van der Waals surface area (Å²) in [5.41, 5.74) is 0. The van der Waals surface area contributed by atoms with E-state index in [9.17, 15) is 13.2 Å². The van der Waals surface area contributed by atoms with Gasteiger partial charge in [-0.2, -0.15) is 4.72 Å². The van der Waals surface area contributed by atoms with Crippen LogP contribution in [-0.2, 0) is 14.8 Å². The Balaban J connectivity index is 2.19. The third kappa shape index (κ3) is 3.84. The molecule has 1 atom stereocenters. The van der Waals surface area contributed by atoms with Crippen LogP contribution in [0.5, 0.6) is 0 Å². The number of fused-ring (bicyclic) bond motifs is 1. The molecule has 0 radical (unpaired) electrons. The number of hydrogen-bond donors (Lipinski definition) is 2. The number of rotatable bonds is 6. The van der Waals surface area contributed by atoms with Crippen molar-refractivity contribution in [3.05, 3.63) is 42.5 Å². The van der Waals surface area contributed by atoms with Gasteiger partial charge in [0.25, 0.3) is 0 Å². The molecule has 0 unspecified atom stereocenters. The molecule has 0 aliphatic heterocycles. The van der Waals surface area contributed by atoms with Gasteiger partial charge in [-0.05, 0) is 36.2 Å². The zero-order valence-corrected chi connectivity index (χ0v) is 13.5. The molecule has 5 nitrogen and oxygen atoms in total. The Kier molecular flexibility index (Phi) is 5.15. The van der Waals surface area contributed by atoms with Crippen molar-refractivity contribution in [1.82, 2.24) is 10.0 Å². The van der Waals surface area contributed by atoms with E-state index in [2.05, 4.69) is 10.0 Å². The van der Waals surface area contributed by atoms with Crippen molar-refractivity contribution in [1.29, 1.82) is 0 Å². The first-order valence-corrected chi connectivity index (χ1v) is 8.71. The maximum Gasteiger partial charge on any atom is 0.241 e. The van der Waals surface area contributed by atoms with Crippen LogP contribution in [0.2, 0.25) is 0 Å². The Morgan fingerprint density at radius 1 is 1.14 bits per heavy atom. The van der Waals surface area contributed by atoms with Crippen LogP contribution in [0.15, 0.2) is 47.4 Å². The summed E-state index contributed by atoms with van der Waals surface area (Å²) >= 11 is 0. The van der Waals surface area contributed by atoms with Crippen molar-refractivity contribution < 1.29 is 13.2 Å². The number of nitrogens with one attached hydrogen (secondary N) is 2. The average Bonchev–Trinajstić information content (AvgIpc) is 2.51. The summed E-state index contributed by atoms with van der Waals surface area (Å²) in [5.74, 6) is -0.328. The van der Waals surface area contributed by atoms with Gasteiger partial charge in [-0.15, -0.1) is 0 Å². The van der Waals surface area contributed by atoms with E-state index in [1.54, 1.807) is 18.2 Å². The first-order valence-electron chi connectivity index (χ1n) is 7.23. The molecule has 2 aromatic rings. The van der Waals surface area contributed by atoms with Crippen LogP contribution in [-0.4, -0.2) is 26.9 Å².